The maximum absolute atomic E-state index is 5.90. The second-order valence-electron chi connectivity index (χ2n) is 4.26. The Balaban J connectivity index is 2.05. The molecule has 1 N–H and O–H groups in total. The van der Waals surface area contributed by atoms with E-state index < -0.39 is 0 Å². The van der Waals surface area contributed by atoms with Crippen LogP contribution in [0.1, 0.15) is 22.9 Å². The lowest BCUT2D eigenvalue weighted by Gasteiger charge is -2.12. The second kappa shape index (κ2) is 6.57. The highest BCUT2D eigenvalue weighted by Crippen LogP contribution is 2.22. The third-order valence-electron chi connectivity index (χ3n) is 2.73. The molecule has 1 aromatic carbocycles. The summed E-state index contributed by atoms with van der Waals surface area (Å²) >= 11 is 1.73. The fourth-order valence-corrected chi connectivity index (χ4v) is 2.41. The monoisotopic (exact) mass is 261 g/mol. The summed E-state index contributed by atoms with van der Waals surface area (Å²) in [5.41, 5.74) is 2.50. The van der Waals surface area contributed by atoms with E-state index in [0.29, 0.717) is 6.61 Å². The lowest BCUT2D eigenvalue weighted by molar-refractivity contribution is 0.305. The zero-order chi connectivity index (χ0) is 12.8. The summed E-state index contributed by atoms with van der Waals surface area (Å²) < 4.78 is 5.90. The van der Waals surface area contributed by atoms with Crippen LogP contribution in [0, 0.1) is 6.92 Å². The molecule has 2 nitrogen and oxygen atoms in total. The Hall–Kier alpha value is -1.32. The molecule has 1 aromatic heterocycles. The van der Waals surface area contributed by atoms with E-state index in [4.69, 9.17) is 4.74 Å². The third kappa shape index (κ3) is 3.59. The molecule has 0 amide bonds. The van der Waals surface area contributed by atoms with E-state index in [1.54, 1.807) is 11.3 Å². The first kappa shape index (κ1) is 13.1. The van der Waals surface area contributed by atoms with Gasteiger partial charge in [0, 0.05) is 17.0 Å². The van der Waals surface area contributed by atoms with E-state index in [1.165, 1.54) is 16.0 Å². The predicted molar refractivity (Wildman–Crippen MR) is 77.2 cm³/mol. The minimum Gasteiger partial charge on any atom is -0.488 e. The van der Waals surface area contributed by atoms with Gasteiger partial charge in [0.2, 0.25) is 0 Å². The fraction of sp³-hybridized carbons (Fsp3) is 0.333. The Bertz CT molecular complexity index is 479. The van der Waals surface area contributed by atoms with Crippen LogP contribution in [-0.2, 0) is 13.2 Å². The van der Waals surface area contributed by atoms with Gasteiger partial charge in [0.05, 0.1) is 0 Å². The van der Waals surface area contributed by atoms with Gasteiger partial charge in [-0.2, -0.15) is 0 Å². The van der Waals surface area contributed by atoms with Crippen molar-refractivity contribution in [1.29, 1.82) is 0 Å². The number of rotatable bonds is 6. The lowest BCUT2D eigenvalue weighted by atomic mass is 10.1. The first-order valence-corrected chi connectivity index (χ1v) is 7.13. The summed E-state index contributed by atoms with van der Waals surface area (Å²) in [6, 6.07) is 10.5. The number of benzene rings is 1. The lowest BCUT2D eigenvalue weighted by Crippen LogP contribution is -2.13. The second-order valence-corrected chi connectivity index (χ2v) is 5.29. The molecule has 18 heavy (non-hydrogen) atoms. The number of thiophene rings is 1. The van der Waals surface area contributed by atoms with E-state index in [9.17, 15) is 0 Å². The maximum atomic E-state index is 5.90. The number of ether oxygens (including phenoxy) is 1. The highest BCUT2D eigenvalue weighted by Gasteiger charge is 2.04. The number of nitrogens with one attached hydrogen (secondary N) is 1. The zero-order valence-corrected chi connectivity index (χ0v) is 11.7. The highest BCUT2D eigenvalue weighted by atomic mass is 32.1. The summed E-state index contributed by atoms with van der Waals surface area (Å²) in [4.78, 5) is 1.25. The summed E-state index contributed by atoms with van der Waals surface area (Å²) in [5.74, 6) is 0.981. The average Bonchev–Trinajstić information content (AvgIpc) is 2.88. The van der Waals surface area contributed by atoms with Crippen molar-refractivity contribution in [2.24, 2.45) is 0 Å². The van der Waals surface area contributed by atoms with E-state index in [0.717, 1.165) is 18.8 Å². The molecule has 2 rings (SSSR count). The van der Waals surface area contributed by atoms with Crippen molar-refractivity contribution in [2.45, 2.75) is 27.0 Å². The van der Waals surface area contributed by atoms with Crippen LogP contribution in [0.25, 0.3) is 0 Å². The van der Waals surface area contributed by atoms with Gasteiger partial charge in [0.1, 0.15) is 12.4 Å². The molecule has 0 bridgehead atoms. The largest absolute Gasteiger partial charge is 0.488 e. The minimum absolute atomic E-state index is 0.653. The van der Waals surface area contributed by atoms with Crippen molar-refractivity contribution in [1.82, 2.24) is 5.32 Å². The normalized spacial score (nSPS) is 10.6. The van der Waals surface area contributed by atoms with Gasteiger partial charge < -0.3 is 10.1 Å². The van der Waals surface area contributed by atoms with Gasteiger partial charge in [0.25, 0.3) is 0 Å². The van der Waals surface area contributed by atoms with E-state index in [-0.39, 0.29) is 0 Å². The van der Waals surface area contributed by atoms with Gasteiger partial charge in [-0.1, -0.05) is 30.7 Å². The van der Waals surface area contributed by atoms with E-state index in [2.05, 4.69) is 54.9 Å². The average molecular weight is 261 g/mol. The van der Waals surface area contributed by atoms with Crippen molar-refractivity contribution in [2.75, 3.05) is 6.54 Å². The molecule has 0 aliphatic heterocycles. The first-order valence-electron chi connectivity index (χ1n) is 6.25. The van der Waals surface area contributed by atoms with Gasteiger partial charge in [-0.25, -0.2) is 0 Å². The van der Waals surface area contributed by atoms with E-state index in [1.807, 2.05) is 0 Å². The van der Waals surface area contributed by atoms with Crippen LogP contribution < -0.4 is 10.1 Å². The Morgan fingerprint density at radius 1 is 1.28 bits per heavy atom. The molecule has 0 unspecified atom stereocenters. The van der Waals surface area contributed by atoms with Crippen molar-refractivity contribution in [3.05, 3.63) is 51.7 Å². The van der Waals surface area contributed by atoms with Crippen molar-refractivity contribution in [3.63, 3.8) is 0 Å². The molecular weight excluding hydrogens is 242 g/mol. The van der Waals surface area contributed by atoms with E-state index >= 15 is 0 Å². The summed E-state index contributed by atoms with van der Waals surface area (Å²) in [7, 11) is 0. The van der Waals surface area contributed by atoms with Gasteiger partial charge >= 0.3 is 0 Å². The molecule has 3 heteroatoms. The van der Waals surface area contributed by atoms with Crippen molar-refractivity contribution >= 4 is 11.3 Å². The fourth-order valence-electron chi connectivity index (χ4n) is 1.79. The standard InChI is InChI=1S/C15H19NOS/c1-3-16-10-13-9-12(2)6-7-15(13)17-11-14-5-4-8-18-14/h4-9,16H,3,10-11H2,1-2H3. The number of hydrogen-bond donors (Lipinski definition) is 1. The maximum Gasteiger partial charge on any atom is 0.124 e. The molecular formula is C15H19NOS. The molecule has 1 heterocycles. The van der Waals surface area contributed by atoms with Gasteiger partial charge in [0.15, 0.2) is 0 Å². The molecule has 0 aliphatic carbocycles. The van der Waals surface area contributed by atoms with Gasteiger partial charge in [-0.3, -0.25) is 0 Å². The highest BCUT2D eigenvalue weighted by molar-refractivity contribution is 7.09. The Kier molecular flexibility index (Phi) is 4.79. The van der Waals surface area contributed by atoms with Crippen LogP contribution in [0.3, 0.4) is 0 Å². The molecule has 0 radical (unpaired) electrons. The summed E-state index contributed by atoms with van der Waals surface area (Å²) in [5, 5.41) is 5.42. The summed E-state index contributed by atoms with van der Waals surface area (Å²) in [6.07, 6.45) is 0. The van der Waals surface area contributed by atoms with Crippen molar-refractivity contribution in [3.8, 4) is 5.75 Å². The Labute approximate surface area is 113 Å². The van der Waals surface area contributed by atoms with Crippen molar-refractivity contribution < 1.29 is 4.74 Å². The summed E-state index contributed by atoms with van der Waals surface area (Å²) in [6.45, 7) is 6.70. The number of aryl methyl sites for hydroxylation is 1. The zero-order valence-electron chi connectivity index (χ0n) is 10.9. The van der Waals surface area contributed by atoms with Crippen LogP contribution in [0.4, 0.5) is 0 Å². The topological polar surface area (TPSA) is 21.3 Å². The van der Waals surface area contributed by atoms with Crippen LogP contribution in [0.2, 0.25) is 0 Å². The molecule has 96 valence electrons. The Morgan fingerprint density at radius 2 is 2.17 bits per heavy atom. The quantitative estimate of drug-likeness (QED) is 0.855. The Morgan fingerprint density at radius 3 is 2.89 bits per heavy atom. The molecule has 0 fully saturated rings. The molecule has 2 aromatic rings. The molecule has 0 saturated carbocycles. The minimum atomic E-state index is 0.653. The number of hydrogen-bond acceptors (Lipinski definition) is 3. The molecule has 0 aliphatic rings. The van der Waals surface area contributed by atoms with Gasteiger partial charge in [-0.15, -0.1) is 11.3 Å². The SMILES string of the molecule is CCNCc1cc(C)ccc1OCc1cccs1. The van der Waals surface area contributed by atoms with Crippen LogP contribution in [-0.4, -0.2) is 6.54 Å². The third-order valence-corrected chi connectivity index (χ3v) is 3.58. The predicted octanol–water partition coefficient (Wildman–Crippen LogP) is 3.75. The van der Waals surface area contributed by atoms with Crippen LogP contribution in [0.5, 0.6) is 5.75 Å². The molecule has 0 spiro atoms. The molecule has 0 atom stereocenters. The van der Waals surface area contributed by atoms with Crippen LogP contribution >= 0.6 is 11.3 Å². The van der Waals surface area contributed by atoms with Crippen LogP contribution in [0.15, 0.2) is 35.7 Å². The molecule has 0 saturated heterocycles. The smallest absolute Gasteiger partial charge is 0.124 e. The first-order chi connectivity index (χ1) is 8.79. The van der Waals surface area contributed by atoms with Gasteiger partial charge in [-0.05, 0) is 31.0 Å².